The van der Waals surface area contributed by atoms with Gasteiger partial charge < -0.3 is 29.7 Å². The number of guanidine groups is 1. The third-order valence-corrected chi connectivity index (χ3v) is 5.54. The quantitative estimate of drug-likeness (QED) is 0.193. The van der Waals surface area contributed by atoms with Crippen LogP contribution in [0.15, 0.2) is 23.2 Å². The van der Waals surface area contributed by atoms with E-state index in [9.17, 15) is 0 Å². The monoisotopic (exact) mass is 560 g/mol. The molecule has 1 atom stereocenters. The second-order valence-corrected chi connectivity index (χ2v) is 8.82. The van der Waals surface area contributed by atoms with Gasteiger partial charge in [-0.25, -0.2) is 0 Å². The number of anilines is 1. The molecule has 2 aliphatic heterocycles. The molecule has 1 aromatic carbocycles. The SMILES string of the molecule is CCN1CCC(CN=C(NCCCOCC(C)C)Nc2ccc3c(c2)OCCCO3)C1.I. The maximum Gasteiger partial charge on any atom is 0.195 e. The van der Waals surface area contributed by atoms with Crippen LogP contribution in [0.2, 0.25) is 0 Å². The van der Waals surface area contributed by atoms with Crippen molar-refractivity contribution in [2.45, 2.75) is 40.0 Å². The molecule has 0 saturated carbocycles. The van der Waals surface area contributed by atoms with Crippen LogP contribution < -0.4 is 20.1 Å². The van der Waals surface area contributed by atoms with Crippen LogP contribution >= 0.6 is 24.0 Å². The summed E-state index contributed by atoms with van der Waals surface area (Å²) in [6.07, 6.45) is 3.07. The van der Waals surface area contributed by atoms with Crippen LogP contribution in [0.4, 0.5) is 5.69 Å². The van der Waals surface area contributed by atoms with Crippen molar-refractivity contribution in [1.29, 1.82) is 0 Å². The first-order valence-electron chi connectivity index (χ1n) is 11.9. The molecule has 2 N–H and O–H groups in total. The van der Waals surface area contributed by atoms with E-state index in [0.717, 1.165) is 75.4 Å². The smallest absolute Gasteiger partial charge is 0.195 e. The van der Waals surface area contributed by atoms with Gasteiger partial charge in [-0.1, -0.05) is 20.8 Å². The second kappa shape index (κ2) is 14.8. The number of nitrogens with zero attached hydrogens (tertiary/aromatic N) is 2. The summed E-state index contributed by atoms with van der Waals surface area (Å²) in [7, 11) is 0. The Kier molecular flexibility index (Phi) is 12.5. The molecule has 1 saturated heterocycles. The minimum atomic E-state index is 0. The standard InChI is InChI=1S/C24H40N4O3.HI/c1-4-28-11-9-20(17-28)16-26-24(25-10-5-12-29-18-19(2)3)27-21-7-8-22-23(15-21)31-14-6-13-30-22;/h7-8,15,19-20H,4-6,9-14,16-18H2,1-3H3,(H2,25,26,27);1H. The molecule has 3 rings (SSSR count). The summed E-state index contributed by atoms with van der Waals surface area (Å²) in [6, 6.07) is 5.99. The first-order chi connectivity index (χ1) is 15.1. The van der Waals surface area contributed by atoms with Crippen LogP contribution in [0.1, 0.15) is 40.0 Å². The van der Waals surface area contributed by atoms with E-state index >= 15 is 0 Å². The lowest BCUT2D eigenvalue weighted by molar-refractivity contribution is 0.108. The van der Waals surface area contributed by atoms with Gasteiger partial charge in [0.15, 0.2) is 17.5 Å². The van der Waals surface area contributed by atoms with Gasteiger partial charge in [-0.3, -0.25) is 4.99 Å². The van der Waals surface area contributed by atoms with Crippen molar-refractivity contribution in [2.75, 3.05) is 64.5 Å². The lowest BCUT2D eigenvalue weighted by Gasteiger charge is -2.16. The number of likely N-dealkylation sites (tertiary alicyclic amines) is 1. The Labute approximate surface area is 210 Å². The molecule has 1 aromatic rings. The first kappa shape index (κ1) is 27.0. The molecule has 2 heterocycles. The minimum absolute atomic E-state index is 0. The van der Waals surface area contributed by atoms with Gasteiger partial charge in [-0.05, 0) is 49.9 Å². The van der Waals surface area contributed by atoms with Crippen LogP contribution in [-0.4, -0.2) is 70.0 Å². The zero-order valence-corrected chi connectivity index (χ0v) is 22.2. The number of fused-ring (bicyclic) bond motifs is 1. The van der Waals surface area contributed by atoms with Crippen LogP contribution in [0.5, 0.6) is 11.5 Å². The van der Waals surface area contributed by atoms with Crippen molar-refractivity contribution >= 4 is 35.6 Å². The van der Waals surface area contributed by atoms with E-state index in [4.69, 9.17) is 19.2 Å². The van der Waals surface area contributed by atoms with Crippen LogP contribution in [0, 0.1) is 11.8 Å². The van der Waals surface area contributed by atoms with Crippen molar-refractivity contribution in [3.8, 4) is 11.5 Å². The first-order valence-corrected chi connectivity index (χ1v) is 11.9. The number of halogens is 1. The summed E-state index contributed by atoms with van der Waals surface area (Å²) in [4.78, 5) is 7.40. The van der Waals surface area contributed by atoms with Crippen molar-refractivity contribution in [1.82, 2.24) is 10.2 Å². The molecule has 0 bridgehead atoms. The molecule has 1 unspecified atom stereocenters. The molecule has 0 amide bonds. The maximum absolute atomic E-state index is 5.83. The van der Waals surface area contributed by atoms with Gasteiger partial charge in [-0.15, -0.1) is 24.0 Å². The van der Waals surface area contributed by atoms with Crippen LogP contribution in [0.25, 0.3) is 0 Å². The number of rotatable bonds is 10. The van der Waals surface area contributed by atoms with Crippen molar-refractivity contribution in [3.05, 3.63) is 18.2 Å². The summed E-state index contributed by atoms with van der Waals surface area (Å²) >= 11 is 0. The summed E-state index contributed by atoms with van der Waals surface area (Å²) < 4.78 is 17.3. The largest absolute Gasteiger partial charge is 0.490 e. The zero-order chi connectivity index (χ0) is 21.9. The van der Waals surface area contributed by atoms with E-state index in [-0.39, 0.29) is 24.0 Å². The van der Waals surface area contributed by atoms with Gasteiger partial charge in [0, 0.05) is 51.0 Å². The highest BCUT2D eigenvalue weighted by Crippen LogP contribution is 2.32. The predicted molar refractivity (Wildman–Crippen MR) is 142 cm³/mol. The Bertz CT molecular complexity index is 702. The normalized spacial score (nSPS) is 18.9. The van der Waals surface area contributed by atoms with E-state index in [1.807, 2.05) is 18.2 Å². The van der Waals surface area contributed by atoms with Gasteiger partial charge in [0.1, 0.15) is 0 Å². The predicted octanol–water partition coefficient (Wildman–Crippen LogP) is 4.23. The fourth-order valence-electron chi connectivity index (χ4n) is 3.79. The highest BCUT2D eigenvalue weighted by Gasteiger charge is 2.21. The number of benzene rings is 1. The number of ether oxygens (including phenoxy) is 3. The molecule has 0 aromatic heterocycles. The molecule has 7 nitrogen and oxygen atoms in total. The number of aliphatic imine (C=N–C) groups is 1. The van der Waals surface area contributed by atoms with E-state index < -0.39 is 0 Å². The Balaban J connectivity index is 0.00000363. The van der Waals surface area contributed by atoms with E-state index in [0.29, 0.717) is 25.0 Å². The molecule has 182 valence electrons. The molecular formula is C24H41IN4O3. The van der Waals surface area contributed by atoms with Gasteiger partial charge >= 0.3 is 0 Å². The Morgan fingerprint density at radius 1 is 1.25 bits per heavy atom. The summed E-state index contributed by atoms with van der Waals surface area (Å²) in [5, 5.41) is 6.93. The van der Waals surface area contributed by atoms with Crippen LogP contribution in [-0.2, 0) is 4.74 Å². The van der Waals surface area contributed by atoms with E-state index in [1.54, 1.807) is 0 Å². The van der Waals surface area contributed by atoms with Crippen molar-refractivity contribution in [3.63, 3.8) is 0 Å². The Morgan fingerprint density at radius 2 is 2.06 bits per heavy atom. The highest BCUT2D eigenvalue weighted by molar-refractivity contribution is 14.0. The summed E-state index contributed by atoms with van der Waals surface area (Å²) in [5.74, 6) is 3.60. The third kappa shape index (κ3) is 9.31. The van der Waals surface area contributed by atoms with Crippen molar-refractivity contribution < 1.29 is 14.2 Å². The average molecular weight is 561 g/mol. The fourth-order valence-corrected chi connectivity index (χ4v) is 3.79. The Morgan fingerprint density at radius 3 is 2.81 bits per heavy atom. The molecule has 8 heteroatoms. The topological polar surface area (TPSA) is 67.4 Å². The van der Waals surface area contributed by atoms with Crippen molar-refractivity contribution in [2.24, 2.45) is 16.8 Å². The molecule has 1 fully saturated rings. The third-order valence-electron chi connectivity index (χ3n) is 5.54. The lowest BCUT2D eigenvalue weighted by Crippen LogP contribution is -2.33. The fraction of sp³-hybridized carbons (Fsp3) is 0.708. The van der Waals surface area contributed by atoms with Gasteiger partial charge in [0.2, 0.25) is 0 Å². The lowest BCUT2D eigenvalue weighted by atomic mass is 10.1. The Hall–Kier alpha value is -1.26. The molecule has 0 radical (unpaired) electrons. The minimum Gasteiger partial charge on any atom is -0.490 e. The molecule has 0 aliphatic carbocycles. The van der Waals surface area contributed by atoms with E-state index in [1.165, 1.54) is 13.0 Å². The van der Waals surface area contributed by atoms with Gasteiger partial charge in [-0.2, -0.15) is 0 Å². The number of hydrogen-bond donors (Lipinski definition) is 2. The molecular weight excluding hydrogens is 519 g/mol. The zero-order valence-electron chi connectivity index (χ0n) is 19.9. The second-order valence-electron chi connectivity index (χ2n) is 8.82. The highest BCUT2D eigenvalue weighted by atomic mass is 127. The maximum atomic E-state index is 5.83. The number of nitrogens with one attached hydrogen (secondary N) is 2. The van der Waals surface area contributed by atoms with Crippen LogP contribution in [0.3, 0.4) is 0 Å². The molecule has 32 heavy (non-hydrogen) atoms. The van der Waals surface area contributed by atoms with E-state index in [2.05, 4.69) is 36.3 Å². The molecule has 2 aliphatic rings. The number of hydrogen-bond acceptors (Lipinski definition) is 5. The molecule has 0 spiro atoms. The summed E-state index contributed by atoms with van der Waals surface area (Å²) in [5.41, 5.74) is 0.952. The van der Waals surface area contributed by atoms with Gasteiger partial charge in [0.25, 0.3) is 0 Å². The summed E-state index contributed by atoms with van der Waals surface area (Å²) in [6.45, 7) is 14.6. The van der Waals surface area contributed by atoms with Gasteiger partial charge in [0.05, 0.1) is 13.2 Å². The average Bonchev–Trinajstić information content (AvgIpc) is 3.10.